The van der Waals surface area contributed by atoms with Crippen molar-refractivity contribution in [1.29, 1.82) is 0 Å². The number of ether oxygens (including phenoxy) is 1. The average Bonchev–Trinajstić information content (AvgIpc) is 2.72. The Kier molecular flexibility index (Phi) is 4.44. The van der Waals surface area contributed by atoms with E-state index in [4.69, 9.17) is 4.74 Å². The predicted molar refractivity (Wildman–Crippen MR) is 81.2 cm³/mol. The first kappa shape index (κ1) is 14.6. The predicted octanol–water partition coefficient (Wildman–Crippen LogP) is 3.58. The molecule has 0 aliphatic rings. The number of amides is 1. The van der Waals surface area contributed by atoms with Gasteiger partial charge in [0.2, 0.25) is 0 Å². The summed E-state index contributed by atoms with van der Waals surface area (Å²) in [7, 11) is 0. The molecular weight excluding hydrogens is 322 g/mol. The number of aromatic nitrogens is 2. The van der Waals surface area contributed by atoms with Crippen molar-refractivity contribution in [3.63, 3.8) is 0 Å². The molecule has 0 atom stereocenters. The van der Waals surface area contributed by atoms with Crippen molar-refractivity contribution in [3.8, 4) is 0 Å². The van der Waals surface area contributed by atoms with Crippen LogP contribution in [0, 0.1) is 0 Å². The van der Waals surface area contributed by atoms with E-state index in [1.807, 2.05) is 25.1 Å². The molecule has 1 aromatic heterocycles. The van der Waals surface area contributed by atoms with Crippen LogP contribution in [0.5, 0.6) is 0 Å². The number of aryl methyl sites for hydroxylation is 1. The molecule has 0 saturated heterocycles. The van der Waals surface area contributed by atoms with E-state index in [1.54, 1.807) is 6.92 Å². The number of hydrogen-bond donors (Lipinski definition) is 1. The van der Waals surface area contributed by atoms with Crippen LogP contribution in [0.15, 0.2) is 35.0 Å². The van der Waals surface area contributed by atoms with E-state index in [1.165, 1.54) is 0 Å². The van der Waals surface area contributed by atoms with Crippen LogP contribution in [0.2, 0.25) is 0 Å². The summed E-state index contributed by atoms with van der Waals surface area (Å²) in [5.41, 5.74) is 1.94. The quantitative estimate of drug-likeness (QED) is 0.867. The molecule has 0 spiro atoms. The van der Waals surface area contributed by atoms with Crippen LogP contribution >= 0.6 is 15.9 Å². The lowest BCUT2D eigenvalue weighted by Gasteiger charge is -2.08. The summed E-state index contributed by atoms with van der Waals surface area (Å²) in [5, 5.41) is 2.66. The minimum atomic E-state index is -0.520. The average molecular weight is 338 g/mol. The molecule has 0 bridgehead atoms. The summed E-state index contributed by atoms with van der Waals surface area (Å²) in [6.07, 6.45) is -0.520. The van der Waals surface area contributed by atoms with Gasteiger partial charge in [-0.05, 0) is 32.0 Å². The first-order chi connectivity index (χ1) is 9.51. The van der Waals surface area contributed by atoms with Crippen molar-refractivity contribution in [1.82, 2.24) is 14.9 Å². The van der Waals surface area contributed by atoms with Gasteiger partial charge in [-0.15, -0.1) is 0 Å². The Morgan fingerprint density at radius 2 is 2.30 bits per heavy atom. The smallest absolute Gasteiger partial charge is 0.412 e. The Morgan fingerprint density at radius 3 is 2.95 bits per heavy atom. The largest absolute Gasteiger partial charge is 0.416 e. The van der Waals surface area contributed by atoms with Crippen LogP contribution in [-0.4, -0.2) is 15.6 Å². The molecule has 0 fully saturated rings. The summed E-state index contributed by atoms with van der Waals surface area (Å²) < 4.78 is 7.89. The molecule has 1 heterocycles. The van der Waals surface area contributed by atoms with E-state index >= 15 is 0 Å². The Morgan fingerprint density at radius 1 is 1.55 bits per heavy atom. The molecule has 0 unspecified atom stereocenters. The fraction of sp³-hybridized carbons (Fsp3) is 0.286. The SMILES string of the molecule is C=C(C)OC(=O)NCc1nc2cc(Br)ccc2n1CC. The van der Waals surface area contributed by atoms with Crippen LogP contribution in [0.1, 0.15) is 19.7 Å². The van der Waals surface area contributed by atoms with Gasteiger partial charge in [-0.3, -0.25) is 0 Å². The molecule has 0 radical (unpaired) electrons. The third kappa shape index (κ3) is 3.19. The highest BCUT2D eigenvalue weighted by Crippen LogP contribution is 2.21. The number of carbonyl (C=O) groups is 1. The number of alkyl carbamates (subject to hydrolysis) is 1. The highest BCUT2D eigenvalue weighted by atomic mass is 79.9. The maximum Gasteiger partial charge on any atom is 0.412 e. The molecule has 106 valence electrons. The van der Waals surface area contributed by atoms with Gasteiger partial charge in [0.15, 0.2) is 0 Å². The summed E-state index contributed by atoms with van der Waals surface area (Å²) in [4.78, 5) is 16.0. The van der Waals surface area contributed by atoms with E-state index in [0.29, 0.717) is 12.3 Å². The number of halogens is 1. The molecule has 20 heavy (non-hydrogen) atoms. The summed E-state index contributed by atoms with van der Waals surface area (Å²) in [6, 6.07) is 5.94. The third-order valence-electron chi connectivity index (χ3n) is 2.76. The first-order valence-corrected chi connectivity index (χ1v) is 7.06. The third-order valence-corrected chi connectivity index (χ3v) is 3.26. The molecule has 0 saturated carbocycles. The number of imidazole rings is 1. The van der Waals surface area contributed by atoms with Gasteiger partial charge in [-0.2, -0.15) is 0 Å². The van der Waals surface area contributed by atoms with Gasteiger partial charge in [-0.1, -0.05) is 22.5 Å². The zero-order valence-electron chi connectivity index (χ0n) is 11.4. The minimum absolute atomic E-state index is 0.312. The van der Waals surface area contributed by atoms with Crippen LogP contribution < -0.4 is 5.32 Å². The minimum Gasteiger partial charge on any atom is -0.416 e. The molecule has 6 heteroatoms. The van der Waals surface area contributed by atoms with Crippen molar-refractivity contribution in [2.75, 3.05) is 0 Å². The molecule has 5 nitrogen and oxygen atoms in total. The Bertz CT molecular complexity index is 664. The Balaban J connectivity index is 2.21. The van der Waals surface area contributed by atoms with Crippen LogP contribution in [0.3, 0.4) is 0 Å². The van der Waals surface area contributed by atoms with Gasteiger partial charge >= 0.3 is 6.09 Å². The zero-order valence-corrected chi connectivity index (χ0v) is 13.0. The number of carbonyl (C=O) groups excluding carboxylic acids is 1. The second-order valence-corrected chi connectivity index (χ2v) is 5.27. The number of nitrogens with zero attached hydrogens (tertiary/aromatic N) is 2. The maximum absolute atomic E-state index is 11.5. The summed E-state index contributed by atoms with van der Waals surface area (Å²) in [6.45, 7) is 8.28. The standard InChI is InChI=1S/C14H16BrN3O2/c1-4-18-12-6-5-10(15)7-11(12)17-13(18)8-16-14(19)20-9(2)3/h5-7H,2,4,8H2,1,3H3,(H,16,19). The van der Waals surface area contributed by atoms with E-state index < -0.39 is 6.09 Å². The van der Waals surface area contributed by atoms with Crippen molar-refractivity contribution in [3.05, 3.63) is 40.8 Å². The van der Waals surface area contributed by atoms with Gasteiger partial charge < -0.3 is 14.6 Å². The van der Waals surface area contributed by atoms with Gasteiger partial charge in [0.1, 0.15) is 5.82 Å². The van der Waals surface area contributed by atoms with Crippen molar-refractivity contribution in [2.45, 2.75) is 26.9 Å². The van der Waals surface area contributed by atoms with E-state index in [0.717, 1.165) is 27.9 Å². The first-order valence-electron chi connectivity index (χ1n) is 6.27. The number of hydrogen-bond acceptors (Lipinski definition) is 3. The Labute approximate surface area is 125 Å². The lowest BCUT2D eigenvalue weighted by atomic mass is 10.3. The fourth-order valence-electron chi connectivity index (χ4n) is 1.99. The molecule has 1 amide bonds. The number of allylic oxidation sites excluding steroid dienone is 1. The molecule has 0 aliphatic carbocycles. The van der Waals surface area contributed by atoms with Crippen LogP contribution in [-0.2, 0) is 17.8 Å². The fourth-order valence-corrected chi connectivity index (χ4v) is 2.34. The number of nitrogens with one attached hydrogen (secondary N) is 1. The molecule has 1 aromatic carbocycles. The molecule has 2 aromatic rings. The highest BCUT2D eigenvalue weighted by Gasteiger charge is 2.11. The normalized spacial score (nSPS) is 10.6. The van der Waals surface area contributed by atoms with Gasteiger partial charge in [0.25, 0.3) is 0 Å². The lowest BCUT2D eigenvalue weighted by molar-refractivity contribution is 0.175. The molecular formula is C14H16BrN3O2. The second-order valence-electron chi connectivity index (χ2n) is 4.35. The number of benzene rings is 1. The van der Waals surface area contributed by atoms with E-state index in [-0.39, 0.29) is 0 Å². The summed E-state index contributed by atoms with van der Waals surface area (Å²) >= 11 is 3.43. The van der Waals surface area contributed by atoms with Gasteiger partial charge in [0, 0.05) is 11.0 Å². The topological polar surface area (TPSA) is 56.1 Å². The highest BCUT2D eigenvalue weighted by molar-refractivity contribution is 9.10. The van der Waals surface area contributed by atoms with Gasteiger partial charge in [-0.25, -0.2) is 9.78 Å². The van der Waals surface area contributed by atoms with E-state index in [2.05, 4.69) is 37.4 Å². The second kappa shape index (κ2) is 6.09. The maximum atomic E-state index is 11.5. The van der Waals surface area contributed by atoms with Crippen molar-refractivity contribution >= 4 is 33.1 Å². The molecule has 0 aliphatic heterocycles. The monoisotopic (exact) mass is 337 g/mol. The molecule has 2 rings (SSSR count). The van der Waals surface area contributed by atoms with Crippen LogP contribution in [0.4, 0.5) is 4.79 Å². The van der Waals surface area contributed by atoms with Gasteiger partial charge in [0.05, 0.1) is 23.3 Å². The van der Waals surface area contributed by atoms with E-state index in [9.17, 15) is 4.79 Å². The molecule has 1 N–H and O–H groups in total. The number of fused-ring (bicyclic) bond motifs is 1. The lowest BCUT2D eigenvalue weighted by Crippen LogP contribution is -2.24. The Hall–Kier alpha value is -1.82. The van der Waals surface area contributed by atoms with Crippen molar-refractivity contribution in [2.24, 2.45) is 0 Å². The zero-order chi connectivity index (χ0) is 14.7. The van der Waals surface area contributed by atoms with Crippen molar-refractivity contribution < 1.29 is 9.53 Å². The van der Waals surface area contributed by atoms with Crippen LogP contribution in [0.25, 0.3) is 11.0 Å². The number of rotatable bonds is 4. The summed E-state index contributed by atoms with van der Waals surface area (Å²) in [5.74, 6) is 1.15.